The fourth-order valence-corrected chi connectivity index (χ4v) is 2.50. The van der Waals surface area contributed by atoms with Crippen molar-refractivity contribution in [2.75, 3.05) is 0 Å². The average Bonchev–Trinajstić information content (AvgIpc) is 2.93. The zero-order valence-corrected chi connectivity index (χ0v) is 10.7. The zero-order valence-electron chi connectivity index (χ0n) is 10.7. The lowest BCUT2D eigenvalue weighted by Gasteiger charge is -2.07. The van der Waals surface area contributed by atoms with Gasteiger partial charge in [0.25, 0.3) is 5.91 Å². The van der Waals surface area contributed by atoms with Gasteiger partial charge in [-0.1, -0.05) is 12.1 Å². The molecule has 96 valence electrons. The van der Waals surface area contributed by atoms with Crippen molar-refractivity contribution in [2.24, 2.45) is 0 Å². The van der Waals surface area contributed by atoms with Crippen LogP contribution in [-0.4, -0.2) is 10.9 Å². The summed E-state index contributed by atoms with van der Waals surface area (Å²) in [5.74, 6) is -0.0152. The number of amides is 1. The highest BCUT2D eigenvalue weighted by Crippen LogP contribution is 2.22. The van der Waals surface area contributed by atoms with Gasteiger partial charge < -0.3 is 5.32 Å². The Hall–Kier alpha value is -2.16. The molecule has 0 atom stereocenters. The van der Waals surface area contributed by atoms with Crippen LogP contribution >= 0.6 is 0 Å². The van der Waals surface area contributed by atoms with E-state index in [2.05, 4.69) is 16.4 Å². The molecule has 1 aromatic carbocycles. The molecular weight excluding hydrogens is 236 g/mol. The molecule has 1 heterocycles. The maximum Gasteiger partial charge on any atom is 0.251 e. The van der Waals surface area contributed by atoms with Gasteiger partial charge >= 0.3 is 0 Å². The first-order chi connectivity index (χ1) is 9.33. The molecule has 1 amide bonds. The molecule has 1 aromatic heterocycles. The number of fused-ring (bicyclic) bond motifs is 1. The topological polar surface area (TPSA) is 42.0 Å². The van der Waals surface area contributed by atoms with Gasteiger partial charge in [0.15, 0.2) is 0 Å². The molecule has 0 spiro atoms. The fourth-order valence-electron chi connectivity index (χ4n) is 2.50. The molecule has 0 aliphatic heterocycles. The summed E-state index contributed by atoms with van der Waals surface area (Å²) in [6.45, 7) is 0.518. The minimum absolute atomic E-state index is 0.0152. The minimum Gasteiger partial charge on any atom is -0.348 e. The molecule has 0 saturated heterocycles. The summed E-state index contributed by atoms with van der Waals surface area (Å²) in [6, 6.07) is 9.86. The standard InChI is InChI=1S/C16H16N2O/c19-16(18-11-12-3-2-8-17-10-12)15-7-6-13-4-1-5-14(13)9-15/h2-3,6-10H,1,4-5,11H2,(H,18,19). The molecule has 1 aliphatic rings. The molecule has 0 radical (unpaired) electrons. The normalized spacial score (nSPS) is 13.1. The molecular formula is C16H16N2O. The minimum atomic E-state index is -0.0152. The second-order valence-electron chi connectivity index (χ2n) is 4.88. The van der Waals surface area contributed by atoms with Gasteiger partial charge in [-0.2, -0.15) is 0 Å². The summed E-state index contributed by atoms with van der Waals surface area (Å²) >= 11 is 0. The molecule has 0 unspecified atom stereocenters. The summed E-state index contributed by atoms with van der Waals surface area (Å²) in [4.78, 5) is 16.1. The van der Waals surface area contributed by atoms with Crippen molar-refractivity contribution in [2.45, 2.75) is 25.8 Å². The molecule has 1 N–H and O–H groups in total. The van der Waals surface area contributed by atoms with Gasteiger partial charge in [-0.15, -0.1) is 0 Å². The van der Waals surface area contributed by atoms with Crippen LogP contribution in [0.2, 0.25) is 0 Å². The number of nitrogens with zero attached hydrogens (tertiary/aromatic N) is 1. The van der Waals surface area contributed by atoms with Crippen LogP contribution in [0.4, 0.5) is 0 Å². The number of aryl methyl sites for hydroxylation is 2. The van der Waals surface area contributed by atoms with Crippen molar-refractivity contribution >= 4 is 5.91 Å². The predicted molar refractivity (Wildman–Crippen MR) is 73.9 cm³/mol. The van der Waals surface area contributed by atoms with E-state index < -0.39 is 0 Å². The van der Waals surface area contributed by atoms with Crippen LogP contribution in [0, 0.1) is 0 Å². The van der Waals surface area contributed by atoms with E-state index >= 15 is 0 Å². The Labute approximate surface area is 112 Å². The molecule has 3 nitrogen and oxygen atoms in total. The Balaban J connectivity index is 1.67. The third-order valence-corrected chi connectivity index (χ3v) is 3.54. The number of hydrogen-bond acceptors (Lipinski definition) is 2. The van der Waals surface area contributed by atoms with E-state index in [1.165, 1.54) is 17.5 Å². The third-order valence-electron chi connectivity index (χ3n) is 3.54. The Morgan fingerprint density at radius 3 is 2.95 bits per heavy atom. The highest BCUT2D eigenvalue weighted by atomic mass is 16.1. The van der Waals surface area contributed by atoms with Gasteiger partial charge in [0.05, 0.1) is 0 Å². The van der Waals surface area contributed by atoms with Gasteiger partial charge in [0, 0.05) is 24.5 Å². The average molecular weight is 252 g/mol. The highest BCUT2D eigenvalue weighted by molar-refractivity contribution is 5.94. The van der Waals surface area contributed by atoms with Crippen LogP contribution in [0.5, 0.6) is 0 Å². The van der Waals surface area contributed by atoms with Gasteiger partial charge in [0.2, 0.25) is 0 Å². The summed E-state index contributed by atoms with van der Waals surface area (Å²) < 4.78 is 0. The first kappa shape index (κ1) is 11.9. The second-order valence-corrected chi connectivity index (χ2v) is 4.88. The molecule has 0 saturated carbocycles. The highest BCUT2D eigenvalue weighted by Gasteiger charge is 2.13. The number of benzene rings is 1. The number of pyridine rings is 1. The maximum absolute atomic E-state index is 12.1. The monoisotopic (exact) mass is 252 g/mol. The first-order valence-corrected chi connectivity index (χ1v) is 6.62. The van der Waals surface area contributed by atoms with Crippen LogP contribution in [-0.2, 0) is 19.4 Å². The number of aromatic nitrogens is 1. The summed E-state index contributed by atoms with van der Waals surface area (Å²) in [5, 5.41) is 2.93. The molecule has 0 fully saturated rings. The quantitative estimate of drug-likeness (QED) is 0.912. The summed E-state index contributed by atoms with van der Waals surface area (Å²) in [6.07, 6.45) is 6.94. The van der Waals surface area contributed by atoms with E-state index in [1.54, 1.807) is 12.4 Å². The van der Waals surface area contributed by atoms with E-state index in [1.807, 2.05) is 24.3 Å². The van der Waals surface area contributed by atoms with Crippen molar-refractivity contribution in [1.29, 1.82) is 0 Å². The number of carbonyl (C=O) groups excluding carboxylic acids is 1. The number of rotatable bonds is 3. The number of nitrogens with one attached hydrogen (secondary N) is 1. The van der Waals surface area contributed by atoms with Crippen molar-refractivity contribution in [3.63, 3.8) is 0 Å². The van der Waals surface area contributed by atoms with Crippen LogP contribution < -0.4 is 5.32 Å². The largest absolute Gasteiger partial charge is 0.348 e. The van der Waals surface area contributed by atoms with Crippen LogP contribution in [0.1, 0.15) is 33.5 Å². The molecule has 1 aliphatic carbocycles. The lowest BCUT2D eigenvalue weighted by Crippen LogP contribution is -2.22. The Morgan fingerprint density at radius 2 is 2.11 bits per heavy atom. The van der Waals surface area contributed by atoms with Gasteiger partial charge in [-0.05, 0) is 54.2 Å². The summed E-state index contributed by atoms with van der Waals surface area (Å²) in [7, 11) is 0. The Kier molecular flexibility index (Phi) is 3.27. The summed E-state index contributed by atoms with van der Waals surface area (Å²) in [5.41, 5.74) is 4.49. The van der Waals surface area contributed by atoms with E-state index in [0.29, 0.717) is 6.54 Å². The lowest BCUT2D eigenvalue weighted by atomic mass is 10.1. The maximum atomic E-state index is 12.1. The van der Waals surface area contributed by atoms with E-state index in [9.17, 15) is 4.79 Å². The Bertz CT molecular complexity index is 593. The molecule has 0 bridgehead atoms. The van der Waals surface area contributed by atoms with Crippen LogP contribution in [0.3, 0.4) is 0 Å². The molecule has 3 rings (SSSR count). The predicted octanol–water partition coefficient (Wildman–Crippen LogP) is 2.50. The molecule has 3 heteroatoms. The van der Waals surface area contributed by atoms with E-state index in [-0.39, 0.29) is 5.91 Å². The van der Waals surface area contributed by atoms with Gasteiger partial charge in [0.1, 0.15) is 0 Å². The first-order valence-electron chi connectivity index (χ1n) is 6.62. The Morgan fingerprint density at radius 1 is 1.21 bits per heavy atom. The smallest absolute Gasteiger partial charge is 0.251 e. The fraction of sp³-hybridized carbons (Fsp3) is 0.250. The zero-order chi connectivity index (χ0) is 13.1. The lowest BCUT2D eigenvalue weighted by molar-refractivity contribution is 0.0951. The molecule has 2 aromatic rings. The second kappa shape index (κ2) is 5.22. The van der Waals surface area contributed by atoms with Crippen molar-refractivity contribution in [3.05, 3.63) is 65.0 Å². The van der Waals surface area contributed by atoms with E-state index in [0.717, 1.165) is 24.0 Å². The van der Waals surface area contributed by atoms with Crippen LogP contribution in [0.15, 0.2) is 42.7 Å². The van der Waals surface area contributed by atoms with Crippen LogP contribution in [0.25, 0.3) is 0 Å². The van der Waals surface area contributed by atoms with Gasteiger partial charge in [-0.3, -0.25) is 9.78 Å². The van der Waals surface area contributed by atoms with Crippen molar-refractivity contribution in [3.8, 4) is 0 Å². The number of hydrogen-bond donors (Lipinski definition) is 1. The van der Waals surface area contributed by atoms with Crippen molar-refractivity contribution < 1.29 is 4.79 Å². The molecule has 19 heavy (non-hydrogen) atoms. The van der Waals surface area contributed by atoms with E-state index in [4.69, 9.17) is 0 Å². The van der Waals surface area contributed by atoms with Gasteiger partial charge in [-0.25, -0.2) is 0 Å². The number of carbonyl (C=O) groups is 1. The van der Waals surface area contributed by atoms with Crippen molar-refractivity contribution in [1.82, 2.24) is 10.3 Å². The SMILES string of the molecule is O=C(NCc1cccnc1)c1ccc2c(c1)CCC2. The third kappa shape index (κ3) is 2.65.